The molecule has 1 aliphatic heterocycles. The van der Waals surface area contributed by atoms with Gasteiger partial charge in [0, 0.05) is 31.7 Å². The lowest BCUT2D eigenvalue weighted by atomic mass is 9.86. The van der Waals surface area contributed by atoms with Gasteiger partial charge in [-0.25, -0.2) is 0 Å². The van der Waals surface area contributed by atoms with E-state index in [0.717, 1.165) is 30.9 Å². The van der Waals surface area contributed by atoms with Gasteiger partial charge in [-0.15, -0.1) is 0 Å². The number of nitrogens with one attached hydrogen (secondary N) is 1. The van der Waals surface area contributed by atoms with Crippen LogP contribution in [-0.2, 0) is 15.0 Å². The summed E-state index contributed by atoms with van der Waals surface area (Å²) in [5.41, 5.74) is 1.45. The third-order valence-electron chi connectivity index (χ3n) is 4.86. The molecule has 0 spiro atoms. The second-order valence-electron chi connectivity index (χ2n) is 6.73. The van der Waals surface area contributed by atoms with Crippen LogP contribution in [0.3, 0.4) is 0 Å². The molecule has 5 heteroatoms. The van der Waals surface area contributed by atoms with Crippen LogP contribution in [0.1, 0.15) is 39.7 Å². The topological polar surface area (TPSA) is 52.7 Å². The van der Waals surface area contributed by atoms with Gasteiger partial charge >= 0.3 is 0 Å². The summed E-state index contributed by atoms with van der Waals surface area (Å²) < 4.78 is 0. The normalized spacial score (nSPS) is 15.7. The highest BCUT2D eigenvalue weighted by molar-refractivity contribution is 6.07. The third-order valence-corrected chi connectivity index (χ3v) is 4.86. The van der Waals surface area contributed by atoms with Gasteiger partial charge in [-0.3, -0.25) is 9.59 Å². The molecule has 1 heterocycles. The molecule has 0 bridgehead atoms. The smallest absolute Gasteiger partial charge is 0.237 e. The predicted molar refractivity (Wildman–Crippen MR) is 97.2 cm³/mol. The first-order valence-corrected chi connectivity index (χ1v) is 8.82. The van der Waals surface area contributed by atoms with Crippen molar-refractivity contribution in [2.45, 2.75) is 39.5 Å². The van der Waals surface area contributed by atoms with Crippen molar-refractivity contribution in [2.75, 3.05) is 37.6 Å². The van der Waals surface area contributed by atoms with Gasteiger partial charge in [0.05, 0.1) is 5.41 Å². The van der Waals surface area contributed by atoms with Crippen LogP contribution in [0.15, 0.2) is 24.3 Å². The van der Waals surface area contributed by atoms with Crippen molar-refractivity contribution >= 4 is 17.5 Å². The fourth-order valence-corrected chi connectivity index (χ4v) is 3.22. The Morgan fingerprint density at radius 3 is 2.54 bits per heavy atom. The van der Waals surface area contributed by atoms with Gasteiger partial charge in [-0.05, 0) is 38.6 Å². The standard InChI is InChI=1S/C19H29N3O2/c1-5-21(6-2)14-12-20-17(23)11-13-22-16-10-8-7-9-15(16)19(3,4)18(22)24/h7-10H,5-6,11-14H2,1-4H3,(H,20,23). The summed E-state index contributed by atoms with van der Waals surface area (Å²) in [4.78, 5) is 28.8. The van der Waals surface area contributed by atoms with Gasteiger partial charge < -0.3 is 15.1 Å². The number of benzene rings is 1. The second-order valence-corrected chi connectivity index (χ2v) is 6.73. The lowest BCUT2D eigenvalue weighted by Crippen LogP contribution is -2.39. The molecule has 0 radical (unpaired) electrons. The number of amides is 2. The van der Waals surface area contributed by atoms with Gasteiger partial charge in [0.15, 0.2) is 0 Å². The first-order chi connectivity index (χ1) is 11.4. The average molecular weight is 331 g/mol. The fraction of sp³-hybridized carbons (Fsp3) is 0.579. The molecule has 0 aliphatic carbocycles. The number of carbonyl (C=O) groups excluding carboxylic acids is 2. The molecule has 2 amide bonds. The third kappa shape index (κ3) is 3.78. The molecule has 0 unspecified atom stereocenters. The van der Waals surface area contributed by atoms with Crippen molar-refractivity contribution in [1.29, 1.82) is 0 Å². The predicted octanol–water partition coefficient (Wildman–Crippen LogP) is 2.16. The van der Waals surface area contributed by atoms with Crippen LogP contribution in [0.5, 0.6) is 0 Å². The first kappa shape index (κ1) is 18.5. The number of rotatable bonds is 8. The molecule has 0 aromatic heterocycles. The molecule has 0 atom stereocenters. The number of carbonyl (C=O) groups is 2. The van der Waals surface area contributed by atoms with Crippen molar-refractivity contribution in [3.63, 3.8) is 0 Å². The molecule has 0 saturated heterocycles. The highest BCUT2D eigenvalue weighted by atomic mass is 16.2. The number of anilines is 1. The molecule has 0 fully saturated rings. The second kappa shape index (κ2) is 7.79. The van der Waals surface area contributed by atoms with Crippen LogP contribution in [-0.4, -0.2) is 49.4 Å². The van der Waals surface area contributed by atoms with E-state index in [1.165, 1.54) is 0 Å². The Bertz CT molecular complexity index is 594. The van der Waals surface area contributed by atoms with E-state index >= 15 is 0 Å². The zero-order chi connectivity index (χ0) is 17.7. The van der Waals surface area contributed by atoms with Crippen LogP contribution in [0.25, 0.3) is 0 Å². The number of fused-ring (bicyclic) bond motifs is 1. The Balaban J connectivity index is 1.88. The Labute approximate surface area is 145 Å². The lowest BCUT2D eigenvalue weighted by Gasteiger charge is -2.21. The summed E-state index contributed by atoms with van der Waals surface area (Å²) in [6, 6.07) is 7.85. The van der Waals surface area contributed by atoms with Crippen LogP contribution in [0, 0.1) is 0 Å². The van der Waals surface area contributed by atoms with E-state index in [9.17, 15) is 9.59 Å². The molecular weight excluding hydrogens is 302 g/mol. The van der Waals surface area contributed by atoms with Crippen molar-refractivity contribution in [3.8, 4) is 0 Å². The molecular formula is C19H29N3O2. The summed E-state index contributed by atoms with van der Waals surface area (Å²) in [6.07, 6.45) is 0.328. The van der Waals surface area contributed by atoms with E-state index < -0.39 is 5.41 Å². The van der Waals surface area contributed by atoms with Crippen molar-refractivity contribution in [1.82, 2.24) is 10.2 Å². The van der Waals surface area contributed by atoms with Crippen LogP contribution < -0.4 is 10.2 Å². The fourth-order valence-electron chi connectivity index (χ4n) is 3.22. The SMILES string of the molecule is CCN(CC)CCNC(=O)CCN1C(=O)C(C)(C)c2ccccc21. The van der Waals surface area contributed by atoms with E-state index in [1.807, 2.05) is 38.1 Å². The van der Waals surface area contributed by atoms with Crippen molar-refractivity contribution in [2.24, 2.45) is 0 Å². The molecule has 132 valence electrons. The van der Waals surface area contributed by atoms with Gasteiger partial charge in [0.1, 0.15) is 0 Å². The summed E-state index contributed by atoms with van der Waals surface area (Å²) in [5, 5.41) is 2.95. The van der Waals surface area contributed by atoms with E-state index in [2.05, 4.69) is 24.1 Å². The van der Waals surface area contributed by atoms with E-state index in [4.69, 9.17) is 0 Å². The van der Waals surface area contributed by atoms with E-state index in [-0.39, 0.29) is 11.8 Å². The number of nitrogens with zero attached hydrogens (tertiary/aromatic N) is 2. The Morgan fingerprint density at radius 1 is 1.21 bits per heavy atom. The summed E-state index contributed by atoms with van der Waals surface area (Å²) in [6.45, 7) is 12.0. The number of para-hydroxylation sites is 1. The highest BCUT2D eigenvalue weighted by Gasteiger charge is 2.43. The molecule has 2 rings (SSSR count). The van der Waals surface area contributed by atoms with Gasteiger partial charge in [0.25, 0.3) is 0 Å². The zero-order valence-corrected chi connectivity index (χ0v) is 15.3. The van der Waals surface area contributed by atoms with Crippen molar-refractivity contribution in [3.05, 3.63) is 29.8 Å². The van der Waals surface area contributed by atoms with E-state index in [1.54, 1.807) is 4.90 Å². The highest BCUT2D eigenvalue weighted by Crippen LogP contribution is 2.41. The zero-order valence-electron chi connectivity index (χ0n) is 15.3. The summed E-state index contributed by atoms with van der Waals surface area (Å²) in [5.74, 6) is 0.0665. The monoisotopic (exact) mass is 331 g/mol. The molecule has 0 saturated carbocycles. The largest absolute Gasteiger partial charge is 0.355 e. The van der Waals surface area contributed by atoms with Crippen molar-refractivity contribution < 1.29 is 9.59 Å². The maximum absolute atomic E-state index is 12.7. The number of likely N-dealkylation sites (N-methyl/N-ethyl adjacent to an activating group) is 1. The van der Waals surface area contributed by atoms with Gasteiger partial charge in [-0.1, -0.05) is 32.0 Å². The maximum Gasteiger partial charge on any atom is 0.237 e. The minimum Gasteiger partial charge on any atom is -0.355 e. The minimum absolute atomic E-state index is 0.00265. The summed E-state index contributed by atoms with van der Waals surface area (Å²) in [7, 11) is 0. The Morgan fingerprint density at radius 2 is 1.88 bits per heavy atom. The molecule has 1 aromatic rings. The quantitative estimate of drug-likeness (QED) is 0.794. The first-order valence-electron chi connectivity index (χ1n) is 8.82. The molecule has 1 aromatic carbocycles. The Hall–Kier alpha value is -1.88. The molecule has 1 aliphatic rings. The van der Waals surface area contributed by atoms with Crippen LogP contribution >= 0.6 is 0 Å². The molecule has 1 N–H and O–H groups in total. The summed E-state index contributed by atoms with van der Waals surface area (Å²) >= 11 is 0. The minimum atomic E-state index is -0.518. The van der Waals surface area contributed by atoms with E-state index in [0.29, 0.717) is 19.5 Å². The number of hydrogen-bond acceptors (Lipinski definition) is 3. The molecule has 5 nitrogen and oxygen atoms in total. The maximum atomic E-state index is 12.7. The van der Waals surface area contributed by atoms with Crippen LogP contribution in [0.4, 0.5) is 5.69 Å². The molecule has 24 heavy (non-hydrogen) atoms. The lowest BCUT2D eigenvalue weighted by molar-refractivity contribution is -0.122. The average Bonchev–Trinajstić information content (AvgIpc) is 2.77. The Kier molecular flexibility index (Phi) is 5.99. The van der Waals surface area contributed by atoms with Gasteiger partial charge in [0.2, 0.25) is 11.8 Å². The van der Waals surface area contributed by atoms with Gasteiger partial charge in [-0.2, -0.15) is 0 Å². The van der Waals surface area contributed by atoms with Crippen LogP contribution in [0.2, 0.25) is 0 Å². The number of hydrogen-bond donors (Lipinski definition) is 1.